The van der Waals surface area contributed by atoms with Gasteiger partial charge < -0.3 is 22.8 Å². The van der Waals surface area contributed by atoms with Crippen LogP contribution in [-0.4, -0.2) is 76.0 Å². The van der Waals surface area contributed by atoms with E-state index in [1.54, 1.807) is 12.4 Å². The second-order valence-corrected chi connectivity index (χ2v) is 30.7. The maximum absolute atomic E-state index is 7.27. The first-order valence-electron chi connectivity index (χ1n) is 15.5. The third kappa shape index (κ3) is 7.70. The summed E-state index contributed by atoms with van der Waals surface area (Å²) in [7, 11) is -6.60. The fourth-order valence-electron chi connectivity index (χ4n) is 4.14. The van der Waals surface area contributed by atoms with Crippen molar-refractivity contribution in [2.45, 2.75) is 141 Å². The Morgan fingerprint density at radius 2 is 1.35 bits per heavy atom. The van der Waals surface area contributed by atoms with Gasteiger partial charge >= 0.3 is 0 Å². The van der Waals surface area contributed by atoms with E-state index in [0.717, 1.165) is 0 Å². The van der Waals surface area contributed by atoms with Crippen molar-refractivity contribution >= 4 is 36.1 Å². The lowest BCUT2D eigenvalue weighted by atomic mass is 10.1. The molecule has 43 heavy (non-hydrogen) atoms. The van der Waals surface area contributed by atoms with E-state index in [9.17, 15) is 0 Å². The van der Waals surface area contributed by atoms with Crippen LogP contribution in [0, 0.1) is 0 Å². The lowest BCUT2D eigenvalue weighted by Gasteiger charge is -2.44. The molecule has 4 atom stereocenters. The first-order valence-corrected chi connectivity index (χ1v) is 24.2. The molecule has 3 rings (SSSR count). The quantitative estimate of drug-likeness (QED) is 0.178. The van der Waals surface area contributed by atoms with Gasteiger partial charge in [-0.1, -0.05) is 75.0 Å². The molecule has 244 valence electrons. The van der Waals surface area contributed by atoms with Crippen molar-refractivity contribution in [3.63, 3.8) is 0 Å². The van der Waals surface area contributed by atoms with E-state index in [1.807, 2.05) is 4.57 Å². The van der Waals surface area contributed by atoms with Gasteiger partial charge in [-0.05, 0) is 54.4 Å². The maximum Gasteiger partial charge on any atom is 0.245 e. The van der Waals surface area contributed by atoms with Gasteiger partial charge in [0.1, 0.15) is 31.2 Å². The molecule has 0 saturated carbocycles. The van der Waals surface area contributed by atoms with Crippen molar-refractivity contribution < 1.29 is 22.8 Å². The van der Waals surface area contributed by atoms with Gasteiger partial charge in [0.15, 0.2) is 42.3 Å². The molecule has 9 nitrogen and oxygen atoms in total. The van der Waals surface area contributed by atoms with Gasteiger partial charge in [0.2, 0.25) is 5.88 Å². The molecular formula is C31H58N4O5Si3. The minimum Gasteiger partial charge on any atom is -0.472 e. The summed E-state index contributed by atoms with van der Waals surface area (Å²) in [5, 5.41) is 0.0561. The molecule has 0 unspecified atom stereocenters. The lowest BCUT2D eigenvalue weighted by molar-refractivity contribution is -0.0470. The molecule has 1 aliphatic rings. The van der Waals surface area contributed by atoms with E-state index in [0.29, 0.717) is 30.3 Å². The summed E-state index contributed by atoms with van der Waals surface area (Å²) in [6.45, 7) is 38.5. The lowest BCUT2D eigenvalue weighted by Crippen LogP contribution is -2.54. The molecule has 1 saturated heterocycles. The van der Waals surface area contributed by atoms with Crippen LogP contribution in [0.25, 0.3) is 11.2 Å². The van der Waals surface area contributed by atoms with E-state index < -0.39 is 37.3 Å². The molecule has 2 aromatic rings. The highest BCUT2D eigenvalue weighted by atomic mass is 28.4. The third-order valence-corrected chi connectivity index (χ3v) is 23.6. The number of rotatable bonds is 11. The Hall–Kier alpha value is -1.42. The summed E-state index contributed by atoms with van der Waals surface area (Å²) in [6, 6.07) is 0. The van der Waals surface area contributed by atoms with Crippen LogP contribution in [0.1, 0.15) is 68.5 Å². The van der Waals surface area contributed by atoms with Crippen LogP contribution < -0.4 is 4.74 Å². The number of ether oxygens (including phenoxy) is 2. The molecular weight excluding hydrogens is 593 g/mol. The molecule has 1 aliphatic heterocycles. The highest BCUT2D eigenvalue weighted by Crippen LogP contribution is 2.47. The smallest absolute Gasteiger partial charge is 0.245 e. The molecule has 2 aromatic heterocycles. The van der Waals surface area contributed by atoms with Crippen LogP contribution in [0.3, 0.4) is 0 Å². The van der Waals surface area contributed by atoms with Gasteiger partial charge in [0, 0.05) is 0 Å². The monoisotopic (exact) mass is 650 g/mol. The topological polar surface area (TPSA) is 89.8 Å². The second-order valence-electron chi connectivity index (χ2n) is 16.4. The summed E-state index contributed by atoms with van der Waals surface area (Å²) >= 11 is 0. The van der Waals surface area contributed by atoms with Crippen LogP contribution in [0.2, 0.25) is 54.4 Å². The highest BCUT2D eigenvalue weighted by Gasteiger charge is 2.55. The van der Waals surface area contributed by atoms with Crippen molar-refractivity contribution in [2.75, 3.05) is 13.2 Å². The molecule has 3 heterocycles. The third-order valence-electron chi connectivity index (χ3n) is 10.1. The van der Waals surface area contributed by atoms with Gasteiger partial charge in [-0.3, -0.25) is 4.57 Å². The Morgan fingerprint density at radius 1 is 0.814 bits per heavy atom. The zero-order valence-electron chi connectivity index (χ0n) is 29.5. The molecule has 0 radical (unpaired) electrons. The van der Waals surface area contributed by atoms with Crippen LogP contribution in [0.4, 0.5) is 0 Å². The van der Waals surface area contributed by atoms with Crippen LogP contribution in [0.5, 0.6) is 5.88 Å². The van der Waals surface area contributed by atoms with Crippen LogP contribution in [0.15, 0.2) is 25.3 Å². The number of hydrogen-bond acceptors (Lipinski definition) is 8. The SMILES string of the molecule is C=CCOc1ncnc2c1ncn2[C@@H]1O[C@H](CO[Si](C)(C)C(C)(C)C)[C@@H](O[Si](C)(C)C(C)(C)C)[C@H]1O[Si](C)(C)C(C)(C)C. The predicted octanol–water partition coefficient (Wildman–Crippen LogP) is 8.09. The summed E-state index contributed by atoms with van der Waals surface area (Å²) < 4.78 is 36.1. The average Bonchev–Trinajstić information content (AvgIpc) is 3.41. The number of fused-ring (bicyclic) bond motifs is 1. The van der Waals surface area contributed by atoms with E-state index in [2.05, 4.69) is 123 Å². The summed E-state index contributed by atoms with van der Waals surface area (Å²) in [6.07, 6.45) is 3.35. The molecule has 0 amide bonds. The Bertz CT molecular complexity index is 1260. The van der Waals surface area contributed by atoms with E-state index >= 15 is 0 Å². The van der Waals surface area contributed by atoms with Gasteiger partial charge in [-0.15, -0.1) is 0 Å². The van der Waals surface area contributed by atoms with Crippen molar-refractivity contribution in [3.05, 3.63) is 25.3 Å². The summed E-state index contributed by atoms with van der Waals surface area (Å²) in [5.74, 6) is 0.412. The van der Waals surface area contributed by atoms with E-state index in [-0.39, 0.29) is 27.3 Å². The largest absolute Gasteiger partial charge is 0.472 e. The average molecular weight is 651 g/mol. The highest BCUT2D eigenvalue weighted by molar-refractivity contribution is 6.75. The molecule has 0 aromatic carbocycles. The molecule has 0 spiro atoms. The number of hydrogen-bond donors (Lipinski definition) is 0. The molecule has 0 aliphatic carbocycles. The normalized spacial score (nSPS) is 22.8. The van der Waals surface area contributed by atoms with E-state index in [1.165, 1.54) is 6.33 Å². The second kappa shape index (κ2) is 12.4. The van der Waals surface area contributed by atoms with Gasteiger partial charge in [0.25, 0.3) is 0 Å². The van der Waals surface area contributed by atoms with Crippen molar-refractivity contribution in [3.8, 4) is 5.88 Å². The fraction of sp³-hybridized carbons (Fsp3) is 0.774. The molecule has 1 fully saturated rings. The Balaban J connectivity index is 2.17. The number of imidazole rings is 1. The van der Waals surface area contributed by atoms with Crippen LogP contribution >= 0.6 is 0 Å². The van der Waals surface area contributed by atoms with Crippen molar-refractivity contribution in [2.24, 2.45) is 0 Å². The summed E-state index contributed by atoms with van der Waals surface area (Å²) in [4.78, 5) is 13.6. The van der Waals surface area contributed by atoms with Crippen LogP contribution in [-0.2, 0) is 18.0 Å². The Labute approximate surface area is 263 Å². The summed E-state index contributed by atoms with van der Waals surface area (Å²) in [5.41, 5.74) is 1.20. The molecule has 0 bridgehead atoms. The minimum atomic E-state index is -2.28. The number of nitrogens with zero attached hydrogens (tertiary/aromatic N) is 4. The zero-order chi connectivity index (χ0) is 32.8. The van der Waals surface area contributed by atoms with Gasteiger partial charge in [-0.2, -0.15) is 4.98 Å². The molecule has 0 N–H and O–H groups in total. The first kappa shape index (κ1) is 36.1. The Morgan fingerprint density at radius 3 is 1.86 bits per heavy atom. The standard InChI is InChI=1S/C31H58N4O5Si3/c1-17-18-36-27-23-26(32-20-33-27)35(21-34-23)28-25(40-43(15,16)31(8,9)10)24(39-42(13,14)30(5,6)7)22(38-28)19-37-41(11,12)29(2,3)4/h17,20-22,24-25,28H,1,18-19H2,2-16H3/t22-,24-,25-,28-/m1/s1. The molecule has 12 heteroatoms. The van der Waals surface area contributed by atoms with E-state index in [4.69, 9.17) is 22.8 Å². The maximum atomic E-state index is 7.27. The zero-order valence-corrected chi connectivity index (χ0v) is 32.5. The number of aromatic nitrogens is 4. The first-order chi connectivity index (χ1) is 19.4. The minimum absolute atomic E-state index is 0.00374. The van der Waals surface area contributed by atoms with Crippen molar-refractivity contribution in [1.29, 1.82) is 0 Å². The Kier molecular flexibility index (Phi) is 10.4. The predicted molar refractivity (Wildman–Crippen MR) is 182 cm³/mol. The van der Waals surface area contributed by atoms with Gasteiger partial charge in [0.05, 0.1) is 12.9 Å². The van der Waals surface area contributed by atoms with Gasteiger partial charge in [-0.25, -0.2) is 9.97 Å². The fourth-order valence-corrected chi connectivity index (χ4v) is 7.75. The van der Waals surface area contributed by atoms with Crippen molar-refractivity contribution in [1.82, 2.24) is 19.5 Å².